The Hall–Kier alpha value is -2.14. The van der Waals surface area contributed by atoms with E-state index in [1.165, 1.54) is 30.3 Å². The maximum absolute atomic E-state index is 12.0. The van der Waals surface area contributed by atoms with Crippen molar-refractivity contribution in [3.05, 3.63) is 74.5 Å². The van der Waals surface area contributed by atoms with Crippen LogP contribution < -0.4 is 4.52 Å². The number of nitrogens with zero attached hydrogens (tertiary/aromatic N) is 1. The molecule has 1 atom stereocenters. The van der Waals surface area contributed by atoms with Crippen LogP contribution in [0, 0.1) is 10.1 Å². The average Bonchev–Trinajstić information content (AvgIpc) is 2.46. The molecule has 1 aliphatic rings. The molecular formula is C14H9ClNO5P. The van der Waals surface area contributed by atoms with E-state index in [9.17, 15) is 19.6 Å². The summed E-state index contributed by atoms with van der Waals surface area (Å²) in [5.41, 5.74) is 1.51. The van der Waals surface area contributed by atoms with E-state index >= 15 is 0 Å². The van der Waals surface area contributed by atoms with Gasteiger partial charge in [-0.25, -0.2) is 4.57 Å². The van der Waals surface area contributed by atoms with E-state index in [1.807, 2.05) is 0 Å². The Kier molecular flexibility index (Phi) is 3.53. The predicted octanol–water partition coefficient (Wildman–Crippen LogP) is 4.22. The minimum Gasteiger partial charge on any atom is -0.421 e. The molecule has 1 unspecified atom stereocenters. The monoisotopic (exact) mass is 337 g/mol. The van der Waals surface area contributed by atoms with Gasteiger partial charge in [0, 0.05) is 34.1 Å². The van der Waals surface area contributed by atoms with Crippen LogP contribution in [-0.4, -0.2) is 9.82 Å². The van der Waals surface area contributed by atoms with Crippen molar-refractivity contribution in [2.24, 2.45) is 0 Å². The van der Waals surface area contributed by atoms with E-state index in [0.717, 1.165) is 5.82 Å². The third-order valence-electron chi connectivity index (χ3n) is 3.14. The topological polar surface area (TPSA) is 89.7 Å². The van der Waals surface area contributed by atoms with Gasteiger partial charge in [0.25, 0.3) is 5.69 Å². The Morgan fingerprint density at radius 2 is 1.86 bits per heavy atom. The fourth-order valence-electron chi connectivity index (χ4n) is 2.18. The lowest BCUT2D eigenvalue weighted by molar-refractivity contribution is -0.384. The molecule has 1 N–H and O–H groups in total. The van der Waals surface area contributed by atoms with Crippen molar-refractivity contribution in [3.8, 4) is 5.75 Å². The van der Waals surface area contributed by atoms with E-state index < -0.39 is 12.5 Å². The number of fused-ring (bicyclic) bond motifs is 1. The van der Waals surface area contributed by atoms with E-state index in [2.05, 4.69) is 0 Å². The molecule has 0 fully saturated rings. The summed E-state index contributed by atoms with van der Waals surface area (Å²) in [6.45, 7) is 0. The standard InChI is InChI=1S/C14H9ClNO5P/c15-10-3-6-14-12(7-10)13(8-22(19,20)21-14)9-1-4-11(5-2-9)16(17)18/h1-8H,(H,19,20). The first-order chi connectivity index (χ1) is 10.4. The summed E-state index contributed by atoms with van der Waals surface area (Å²) in [5, 5.41) is 11.2. The second kappa shape index (κ2) is 5.25. The SMILES string of the molecule is O=[N+]([O-])c1ccc(C2=CP(=O)(O)Oc3ccc(Cl)cc32)cc1. The highest BCUT2D eigenvalue weighted by atomic mass is 35.5. The van der Waals surface area contributed by atoms with Crippen molar-refractivity contribution >= 4 is 30.5 Å². The number of hydrogen-bond acceptors (Lipinski definition) is 4. The molecule has 3 rings (SSSR count). The third kappa shape index (κ3) is 2.76. The quantitative estimate of drug-likeness (QED) is 0.503. The van der Waals surface area contributed by atoms with Crippen LogP contribution in [0.1, 0.15) is 11.1 Å². The van der Waals surface area contributed by atoms with Crippen LogP contribution in [0.3, 0.4) is 0 Å². The van der Waals surface area contributed by atoms with Gasteiger partial charge in [-0.2, -0.15) is 0 Å². The van der Waals surface area contributed by atoms with E-state index in [4.69, 9.17) is 16.1 Å². The van der Waals surface area contributed by atoms with Crippen molar-refractivity contribution in [3.63, 3.8) is 0 Å². The molecular weight excluding hydrogens is 329 g/mol. The van der Waals surface area contributed by atoms with E-state index in [0.29, 0.717) is 21.7 Å². The lowest BCUT2D eigenvalue weighted by Crippen LogP contribution is -2.02. The molecule has 2 aromatic carbocycles. The van der Waals surface area contributed by atoms with E-state index in [-0.39, 0.29) is 11.4 Å². The molecule has 6 nitrogen and oxygen atoms in total. The number of halogens is 1. The maximum atomic E-state index is 12.0. The Labute approximate surface area is 130 Å². The highest BCUT2D eigenvalue weighted by Crippen LogP contribution is 2.54. The Morgan fingerprint density at radius 3 is 2.50 bits per heavy atom. The zero-order valence-corrected chi connectivity index (χ0v) is 12.6. The van der Waals surface area contributed by atoms with Gasteiger partial charge in [-0.1, -0.05) is 11.6 Å². The molecule has 0 spiro atoms. The lowest BCUT2D eigenvalue weighted by atomic mass is 9.98. The van der Waals surface area contributed by atoms with Crippen molar-refractivity contribution in [2.75, 3.05) is 0 Å². The molecule has 8 heteroatoms. The van der Waals surface area contributed by atoms with Gasteiger partial charge in [0.2, 0.25) is 0 Å². The zero-order chi connectivity index (χ0) is 15.9. The molecule has 0 bridgehead atoms. The first-order valence-electron chi connectivity index (χ1n) is 6.15. The van der Waals surface area contributed by atoms with Crippen molar-refractivity contribution in [1.29, 1.82) is 0 Å². The second-order valence-electron chi connectivity index (χ2n) is 4.64. The van der Waals surface area contributed by atoms with Crippen molar-refractivity contribution in [2.45, 2.75) is 0 Å². The highest BCUT2D eigenvalue weighted by Gasteiger charge is 2.28. The molecule has 0 aliphatic carbocycles. The second-order valence-corrected chi connectivity index (χ2v) is 6.65. The van der Waals surface area contributed by atoms with Gasteiger partial charge in [-0.15, -0.1) is 0 Å². The molecule has 0 amide bonds. The number of rotatable bonds is 2. The first kappa shape index (κ1) is 14.8. The molecule has 112 valence electrons. The van der Waals surface area contributed by atoms with Crippen LogP contribution >= 0.6 is 19.2 Å². The molecule has 1 heterocycles. The number of nitro benzene ring substituents is 1. The summed E-state index contributed by atoms with van der Waals surface area (Å²) in [4.78, 5) is 20.0. The summed E-state index contributed by atoms with van der Waals surface area (Å²) < 4.78 is 17.0. The molecule has 1 aliphatic heterocycles. The summed E-state index contributed by atoms with van der Waals surface area (Å²) in [6.07, 6.45) is 0. The van der Waals surface area contributed by atoms with Crippen LogP contribution in [0.5, 0.6) is 5.75 Å². The fourth-order valence-corrected chi connectivity index (χ4v) is 3.47. The summed E-state index contributed by atoms with van der Waals surface area (Å²) in [7, 11) is -3.93. The van der Waals surface area contributed by atoms with Crippen LogP contribution in [0.15, 0.2) is 48.3 Å². The number of benzene rings is 2. The minimum absolute atomic E-state index is 0.0603. The Bertz CT molecular complexity index is 847. The molecule has 0 saturated heterocycles. The maximum Gasteiger partial charge on any atom is 0.401 e. The largest absolute Gasteiger partial charge is 0.421 e. The predicted molar refractivity (Wildman–Crippen MR) is 82.1 cm³/mol. The highest BCUT2D eigenvalue weighted by molar-refractivity contribution is 7.57. The Balaban J connectivity index is 2.15. The lowest BCUT2D eigenvalue weighted by Gasteiger charge is -2.22. The summed E-state index contributed by atoms with van der Waals surface area (Å²) >= 11 is 5.96. The summed E-state index contributed by atoms with van der Waals surface area (Å²) in [5.74, 6) is 1.36. The van der Waals surface area contributed by atoms with E-state index in [1.54, 1.807) is 12.1 Å². The van der Waals surface area contributed by atoms with Crippen LogP contribution in [0.4, 0.5) is 5.69 Å². The van der Waals surface area contributed by atoms with Crippen LogP contribution in [0.25, 0.3) is 5.57 Å². The summed E-state index contributed by atoms with van der Waals surface area (Å²) in [6, 6.07) is 10.4. The van der Waals surface area contributed by atoms with Crippen LogP contribution in [-0.2, 0) is 4.57 Å². The number of non-ortho nitro benzene ring substituents is 1. The zero-order valence-electron chi connectivity index (χ0n) is 11.0. The van der Waals surface area contributed by atoms with Gasteiger partial charge in [-0.3, -0.25) is 10.1 Å². The minimum atomic E-state index is -3.93. The third-order valence-corrected chi connectivity index (χ3v) is 4.42. The molecule has 0 radical (unpaired) electrons. The van der Waals surface area contributed by atoms with Gasteiger partial charge < -0.3 is 9.42 Å². The van der Waals surface area contributed by atoms with Crippen molar-refractivity contribution < 1.29 is 18.9 Å². The average molecular weight is 338 g/mol. The van der Waals surface area contributed by atoms with Gasteiger partial charge in [0.15, 0.2) is 0 Å². The van der Waals surface area contributed by atoms with Crippen molar-refractivity contribution in [1.82, 2.24) is 0 Å². The number of nitro groups is 1. The molecule has 2 aromatic rings. The smallest absolute Gasteiger partial charge is 0.401 e. The van der Waals surface area contributed by atoms with Gasteiger partial charge in [0.1, 0.15) is 5.75 Å². The fraction of sp³-hybridized carbons (Fsp3) is 0. The van der Waals surface area contributed by atoms with Gasteiger partial charge in [-0.05, 0) is 35.9 Å². The molecule has 0 aromatic heterocycles. The number of hydrogen-bond donors (Lipinski definition) is 1. The van der Waals surface area contributed by atoms with Gasteiger partial charge in [0.05, 0.1) is 4.92 Å². The van der Waals surface area contributed by atoms with Crippen LogP contribution in [0.2, 0.25) is 5.02 Å². The Morgan fingerprint density at radius 1 is 1.18 bits per heavy atom. The first-order valence-corrected chi connectivity index (χ1v) is 8.18. The normalized spacial score (nSPS) is 19.8. The molecule has 0 saturated carbocycles. The molecule has 22 heavy (non-hydrogen) atoms. The van der Waals surface area contributed by atoms with Gasteiger partial charge >= 0.3 is 7.60 Å².